The van der Waals surface area contributed by atoms with Crippen LogP contribution < -0.4 is 5.73 Å². The van der Waals surface area contributed by atoms with Crippen LogP contribution in [0.4, 0.5) is 10.1 Å². The van der Waals surface area contributed by atoms with Crippen molar-refractivity contribution >= 4 is 5.69 Å². The monoisotopic (exact) mass is 224 g/mol. The minimum Gasteiger partial charge on any atom is -0.396 e. The number of rotatable bonds is 5. The molecule has 0 spiro atoms. The molecule has 0 heterocycles. The average molecular weight is 224 g/mol. The maximum atomic E-state index is 13.7. The molecule has 0 aromatic heterocycles. The summed E-state index contributed by atoms with van der Waals surface area (Å²) in [6, 6.07) is 5.58. The molecule has 0 amide bonds. The molecule has 0 radical (unpaired) electrons. The van der Waals surface area contributed by atoms with E-state index < -0.39 is 0 Å². The van der Waals surface area contributed by atoms with Gasteiger partial charge >= 0.3 is 0 Å². The summed E-state index contributed by atoms with van der Waals surface area (Å²) < 4.78 is 13.7. The van der Waals surface area contributed by atoms with E-state index in [2.05, 4.69) is 4.90 Å². The fourth-order valence-electron chi connectivity index (χ4n) is 1.90. The standard InChI is InChI=1S/C12H17FN2O/c13-12-9(2-1-3-11(12)14)8-15(6-7-16)10-4-5-10/h1-3,10,16H,4-8,14H2. The molecule has 1 aromatic carbocycles. The molecule has 16 heavy (non-hydrogen) atoms. The smallest absolute Gasteiger partial charge is 0.150 e. The van der Waals surface area contributed by atoms with Crippen LogP contribution in [0.3, 0.4) is 0 Å². The first kappa shape index (κ1) is 11.4. The Hall–Kier alpha value is -1.13. The van der Waals surface area contributed by atoms with Crippen molar-refractivity contribution in [3.8, 4) is 0 Å². The van der Waals surface area contributed by atoms with Crippen LogP contribution in [-0.2, 0) is 6.54 Å². The molecule has 0 atom stereocenters. The van der Waals surface area contributed by atoms with Crippen molar-refractivity contribution in [3.63, 3.8) is 0 Å². The fourth-order valence-corrected chi connectivity index (χ4v) is 1.90. The molecule has 0 aliphatic heterocycles. The average Bonchev–Trinajstić information content (AvgIpc) is 3.07. The SMILES string of the molecule is Nc1cccc(CN(CCO)C2CC2)c1F. The Morgan fingerprint density at radius 1 is 1.44 bits per heavy atom. The zero-order valence-electron chi connectivity index (χ0n) is 9.19. The van der Waals surface area contributed by atoms with Crippen LogP contribution in [0.1, 0.15) is 18.4 Å². The lowest BCUT2D eigenvalue weighted by atomic mass is 10.1. The molecule has 0 unspecified atom stereocenters. The number of nitrogens with two attached hydrogens (primary N) is 1. The normalized spacial score (nSPS) is 15.7. The Bertz CT molecular complexity index is 366. The summed E-state index contributed by atoms with van der Waals surface area (Å²) in [7, 11) is 0. The second-order valence-electron chi connectivity index (χ2n) is 4.25. The lowest BCUT2D eigenvalue weighted by molar-refractivity contribution is 0.182. The van der Waals surface area contributed by atoms with Gasteiger partial charge in [-0.05, 0) is 18.9 Å². The van der Waals surface area contributed by atoms with Gasteiger partial charge in [0.25, 0.3) is 0 Å². The van der Waals surface area contributed by atoms with E-state index >= 15 is 0 Å². The van der Waals surface area contributed by atoms with Crippen LogP contribution in [0.2, 0.25) is 0 Å². The number of nitrogens with zero attached hydrogens (tertiary/aromatic N) is 1. The number of hydrogen-bond donors (Lipinski definition) is 2. The molecule has 3 nitrogen and oxygen atoms in total. The molecule has 0 saturated heterocycles. The van der Waals surface area contributed by atoms with E-state index in [-0.39, 0.29) is 18.1 Å². The second-order valence-corrected chi connectivity index (χ2v) is 4.25. The van der Waals surface area contributed by atoms with Gasteiger partial charge in [0.15, 0.2) is 5.82 Å². The van der Waals surface area contributed by atoms with E-state index in [4.69, 9.17) is 10.8 Å². The van der Waals surface area contributed by atoms with Gasteiger partial charge in [0, 0.05) is 24.7 Å². The van der Waals surface area contributed by atoms with E-state index in [1.807, 2.05) is 0 Å². The topological polar surface area (TPSA) is 49.5 Å². The van der Waals surface area contributed by atoms with Gasteiger partial charge in [0.1, 0.15) is 0 Å². The molecule has 3 N–H and O–H groups in total. The van der Waals surface area contributed by atoms with Crippen molar-refractivity contribution in [3.05, 3.63) is 29.6 Å². The lowest BCUT2D eigenvalue weighted by Crippen LogP contribution is -2.29. The minimum atomic E-state index is -0.328. The van der Waals surface area contributed by atoms with E-state index in [0.29, 0.717) is 24.7 Å². The lowest BCUT2D eigenvalue weighted by Gasteiger charge is -2.21. The third-order valence-electron chi connectivity index (χ3n) is 2.93. The highest BCUT2D eigenvalue weighted by atomic mass is 19.1. The largest absolute Gasteiger partial charge is 0.396 e. The van der Waals surface area contributed by atoms with Gasteiger partial charge in [-0.25, -0.2) is 4.39 Å². The molecule has 88 valence electrons. The summed E-state index contributed by atoms with van der Waals surface area (Å²) in [6.07, 6.45) is 2.29. The fraction of sp³-hybridized carbons (Fsp3) is 0.500. The van der Waals surface area contributed by atoms with Gasteiger partial charge in [0.2, 0.25) is 0 Å². The van der Waals surface area contributed by atoms with Crippen molar-refractivity contribution in [2.75, 3.05) is 18.9 Å². The van der Waals surface area contributed by atoms with Crippen LogP contribution in [0, 0.1) is 5.82 Å². The first-order valence-corrected chi connectivity index (χ1v) is 5.60. The number of aliphatic hydroxyl groups excluding tert-OH is 1. The highest BCUT2D eigenvalue weighted by Gasteiger charge is 2.29. The minimum absolute atomic E-state index is 0.112. The Morgan fingerprint density at radius 2 is 2.19 bits per heavy atom. The van der Waals surface area contributed by atoms with E-state index in [9.17, 15) is 4.39 Å². The molecule has 1 saturated carbocycles. The van der Waals surface area contributed by atoms with E-state index in [1.165, 1.54) is 0 Å². The summed E-state index contributed by atoms with van der Waals surface area (Å²) in [5.41, 5.74) is 6.32. The van der Waals surface area contributed by atoms with Crippen LogP contribution in [0.15, 0.2) is 18.2 Å². The summed E-state index contributed by atoms with van der Waals surface area (Å²) in [5, 5.41) is 8.96. The number of anilines is 1. The van der Waals surface area contributed by atoms with Crippen LogP contribution >= 0.6 is 0 Å². The van der Waals surface area contributed by atoms with Gasteiger partial charge in [-0.2, -0.15) is 0 Å². The summed E-state index contributed by atoms with van der Waals surface area (Å²) >= 11 is 0. The van der Waals surface area contributed by atoms with Crippen molar-refractivity contribution in [1.82, 2.24) is 4.90 Å². The quantitative estimate of drug-likeness (QED) is 0.743. The predicted molar refractivity (Wildman–Crippen MR) is 61.3 cm³/mol. The van der Waals surface area contributed by atoms with Crippen molar-refractivity contribution in [2.45, 2.75) is 25.4 Å². The number of benzene rings is 1. The van der Waals surface area contributed by atoms with Crippen LogP contribution in [0.5, 0.6) is 0 Å². The van der Waals surface area contributed by atoms with Gasteiger partial charge in [-0.15, -0.1) is 0 Å². The van der Waals surface area contributed by atoms with Crippen molar-refractivity contribution in [1.29, 1.82) is 0 Å². The summed E-state index contributed by atoms with van der Waals surface area (Å²) in [5.74, 6) is -0.328. The summed E-state index contributed by atoms with van der Waals surface area (Å²) in [4.78, 5) is 2.11. The first-order valence-electron chi connectivity index (χ1n) is 5.60. The molecule has 1 aromatic rings. The van der Waals surface area contributed by atoms with Gasteiger partial charge in [-0.3, -0.25) is 4.90 Å². The third-order valence-corrected chi connectivity index (χ3v) is 2.93. The maximum absolute atomic E-state index is 13.7. The number of halogens is 1. The number of hydrogen-bond acceptors (Lipinski definition) is 3. The molecule has 4 heteroatoms. The molecule has 0 bridgehead atoms. The zero-order valence-corrected chi connectivity index (χ0v) is 9.19. The highest BCUT2D eigenvalue weighted by Crippen LogP contribution is 2.28. The molecule has 1 fully saturated rings. The molecule has 2 rings (SSSR count). The Morgan fingerprint density at radius 3 is 2.81 bits per heavy atom. The summed E-state index contributed by atoms with van der Waals surface area (Å²) in [6.45, 7) is 1.24. The Balaban J connectivity index is 2.08. The number of aliphatic hydroxyl groups is 1. The Labute approximate surface area is 94.7 Å². The molecule has 1 aliphatic rings. The second kappa shape index (κ2) is 4.80. The highest BCUT2D eigenvalue weighted by molar-refractivity contribution is 5.42. The van der Waals surface area contributed by atoms with Gasteiger partial charge in [-0.1, -0.05) is 12.1 Å². The number of nitrogen functional groups attached to an aromatic ring is 1. The van der Waals surface area contributed by atoms with Crippen LogP contribution in [-0.4, -0.2) is 29.2 Å². The van der Waals surface area contributed by atoms with Crippen LogP contribution in [0.25, 0.3) is 0 Å². The maximum Gasteiger partial charge on any atom is 0.150 e. The zero-order chi connectivity index (χ0) is 11.5. The van der Waals surface area contributed by atoms with E-state index in [0.717, 1.165) is 12.8 Å². The van der Waals surface area contributed by atoms with Gasteiger partial charge < -0.3 is 10.8 Å². The predicted octanol–water partition coefficient (Wildman–Crippen LogP) is 1.36. The first-order chi connectivity index (χ1) is 7.72. The third kappa shape index (κ3) is 2.51. The molecular formula is C12H17FN2O. The molecular weight excluding hydrogens is 207 g/mol. The van der Waals surface area contributed by atoms with E-state index in [1.54, 1.807) is 18.2 Å². The van der Waals surface area contributed by atoms with Crippen molar-refractivity contribution < 1.29 is 9.50 Å². The van der Waals surface area contributed by atoms with Crippen molar-refractivity contribution in [2.24, 2.45) is 0 Å². The Kier molecular flexibility index (Phi) is 3.41. The molecule has 1 aliphatic carbocycles. The van der Waals surface area contributed by atoms with Gasteiger partial charge in [0.05, 0.1) is 12.3 Å².